The van der Waals surface area contributed by atoms with Gasteiger partial charge >= 0.3 is 0 Å². The van der Waals surface area contributed by atoms with Gasteiger partial charge in [-0.1, -0.05) is 30.3 Å². The summed E-state index contributed by atoms with van der Waals surface area (Å²) >= 11 is 0. The summed E-state index contributed by atoms with van der Waals surface area (Å²) in [5, 5.41) is 14.8. The first-order valence-corrected chi connectivity index (χ1v) is 7.35. The Bertz CT molecular complexity index is 726. The molecule has 0 unspecified atom stereocenters. The normalized spacial score (nSPS) is 10.2. The minimum Gasteiger partial charge on any atom is -0.392 e. The van der Waals surface area contributed by atoms with Crippen molar-refractivity contribution < 1.29 is 14.7 Å². The van der Waals surface area contributed by atoms with Gasteiger partial charge in [0.25, 0.3) is 5.91 Å². The van der Waals surface area contributed by atoms with Gasteiger partial charge in [0, 0.05) is 24.7 Å². The lowest BCUT2D eigenvalue weighted by atomic mass is 10.1. The number of aliphatic hydroxyl groups excluding tert-OH is 1. The van der Waals surface area contributed by atoms with Crippen LogP contribution >= 0.6 is 0 Å². The van der Waals surface area contributed by atoms with Crippen molar-refractivity contribution in [2.45, 2.75) is 27.0 Å². The average molecular weight is 312 g/mol. The van der Waals surface area contributed by atoms with Gasteiger partial charge in [0.15, 0.2) is 0 Å². The standard InChI is InChI=1S/C18H20N2O3/c1-12-7-8-14(9-17(12)20-13(2)22)18(23)19-10-15-5-3-4-6-16(15)11-21/h3-9,21H,10-11H2,1-2H3,(H,19,23)(H,20,22). The fraction of sp³-hybridized carbons (Fsp3) is 0.222. The van der Waals surface area contributed by atoms with E-state index in [2.05, 4.69) is 10.6 Å². The summed E-state index contributed by atoms with van der Waals surface area (Å²) in [7, 11) is 0. The SMILES string of the molecule is CC(=O)Nc1cc(C(=O)NCc2ccccc2CO)ccc1C. The molecule has 0 fully saturated rings. The van der Waals surface area contributed by atoms with Crippen molar-refractivity contribution in [3.63, 3.8) is 0 Å². The van der Waals surface area contributed by atoms with Crippen molar-refractivity contribution in [1.29, 1.82) is 0 Å². The van der Waals surface area contributed by atoms with Crippen molar-refractivity contribution in [2.24, 2.45) is 0 Å². The van der Waals surface area contributed by atoms with Crippen LogP contribution in [0.5, 0.6) is 0 Å². The number of aliphatic hydroxyl groups is 1. The van der Waals surface area contributed by atoms with Crippen LogP contribution in [-0.4, -0.2) is 16.9 Å². The van der Waals surface area contributed by atoms with Gasteiger partial charge in [0.05, 0.1) is 6.61 Å². The van der Waals surface area contributed by atoms with Gasteiger partial charge in [0.2, 0.25) is 5.91 Å². The monoisotopic (exact) mass is 312 g/mol. The Labute approximate surface area is 135 Å². The quantitative estimate of drug-likeness (QED) is 0.793. The maximum atomic E-state index is 12.3. The summed E-state index contributed by atoms with van der Waals surface area (Å²) in [6.07, 6.45) is 0. The lowest BCUT2D eigenvalue weighted by molar-refractivity contribution is -0.114. The molecule has 0 aliphatic carbocycles. The molecule has 0 saturated carbocycles. The van der Waals surface area contributed by atoms with Gasteiger partial charge in [-0.3, -0.25) is 9.59 Å². The molecular formula is C18H20N2O3. The number of carbonyl (C=O) groups is 2. The largest absolute Gasteiger partial charge is 0.392 e. The van der Waals surface area contributed by atoms with E-state index in [9.17, 15) is 14.7 Å². The second kappa shape index (κ2) is 7.56. The Kier molecular flexibility index (Phi) is 5.49. The van der Waals surface area contributed by atoms with Crippen molar-refractivity contribution in [3.8, 4) is 0 Å². The molecule has 0 aliphatic heterocycles. The van der Waals surface area contributed by atoms with Crippen LogP contribution in [0.3, 0.4) is 0 Å². The Morgan fingerprint density at radius 1 is 1.09 bits per heavy atom. The molecule has 23 heavy (non-hydrogen) atoms. The van der Waals surface area contributed by atoms with Crippen LogP contribution in [0.15, 0.2) is 42.5 Å². The number of aryl methyl sites for hydroxylation is 1. The van der Waals surface area contributed by atoms with E-state index < -0.39 is 0 Å². The van der Waals surface area contributed by atoms with Crippen molar-refractivity contribution >= 4 is 17.5 Å². The number of benzene rings is 2. The maximum absolute atomic E-state index is 12.3. The van der Waals surface area contributed by atoms with Crippen molar-refractivity contribution in [2.75, 3.05) is 5.32 Å². The third kappa shape index (κ3) is 4.40. The number of carbonyl (C=O) groups excluding carboxylic acids is 2. The molecule has 0 atom stereocenters. The van der Waals surface area contributed by atoms with Gasteiger partial charge in [0.1, 0.15) is 0 Å². The third-order valence-corrected chi connectivity index (χ3v) is 3.54. The van der Waals surface area contributed by atoms with Crippen LogP contribution in [-0.2, 0) is 17.9 Å². The highest BCUT2D eigenvalue weighted by Crippen LogP contribution is 2.17. The zero-order valence-corrected chi connectivity index (χ0v) is 13.2. The maximum Gasteiger partial charge on any atom is 0.251 e. The summed E-state index contributed by atoms with van der Waals surface area (Å²) < 4.78 is 0. The molecule has 2 aromatic rings. The topological polar surface area (TPSA) is 78.4 Å². The molecule has 0 aliphatic rings. The van der Waals surface area contributed by atoms with Crippen LogP contribution in [0.2, 0.25) is 0 Å². The smallest absolute Gasteiger partial charge is 0.251 e. The van der Waals surface area contributed by atoms with E-state index in [1.54, 1.807) is 18.2 Å². The predicted octanol–water partition coefficient (Wildman–Crippen LogP) is 2.38. The number of anilines is 1. The Morgan fingerprint density at radius 3 is 2.43 bits per heavy atom. The second-order valence-electron chi connectivity index (χ2n) is 5.32. The fourth-order valence-corrected chi connectivity index (χ4v) is 2.25. The fourth-order valence-electron chi connectivity index (χ4n) is 2.25. The lowest BCUT2D eigenvalue weighted by Gasteiger charge is -2.11. The molecule has 2 aromatic carbocycles. The Hall–Kier alpha value is -2.66. The average Bonchev–Trinajstić information content (AvgIpc) is 2.54. The summed E-state index contributed by atoms with van der Waals surface area (Å²) in [6.45, 7) is 3.56. The van der Waals surface area contributed by atoms with Crippen molar-refractivity contribution in [1.82, 2.24) is 5.32 Å². The van der Waals surface area contributed by atoms with Gasteiger partial charge in [-0.2, -0.15) is 0 Å². The molecule has 5 heteroatoms. The third-order valence-electron chi connectivity index (χ3n) is 3.54. The molecule has 0 heterocycles. The molecule has 2 rings (SSSR count). The summed E-state index contributed by atoms with van der Waals surface area (Å²) in [5.74, 6) is -0.410. The highest BCUT2D eigenvalue weighted by Gasteiger charge is 2.10. The first-order valence-electron chi connectivity index (χ1n) is 7.35. The molecule has 0 saturated heterocycles. The van der Waals surface area contributed by atoms with Gasteiger partial charge in [-0.25, -0.2) is 0 Å². The molecule has 5 nitrogen and oxygen atoms in total. The molecular weight excluding hydrogens is 292 g/mol. The van der Waals surface area contributed by atoms with E-state index in [4.69, 9.17) is 0 Å². The van der Waals surface area contributed by atoms with E-state index in [0.29, 0.717) is 17.8 Å². The van der Waals surface area contributed by atoms with E-state index >= 15 is 0 Å². The molecule has 0 bridgehead atoms. The van der Waals surface area contributed by atoms with Crippen LogP contribution in [0.4, 0.5) is 5.69 Å². The summed E-state index contributed by atoms with van der Waals surface area (Å²) in [6, 6.07) is 12.6. The zero-order valence-electron chi connectivity index (χ0n) is 13.2. The molecule has 3 N–H and O–H groups in total. The first-order chi connectivity index (χ1) is 11.0. The second-order valence-corrected chi connectivity index (χ2v) is 5.32. The van der Waals surface area contributed by atoms with Gasteiger partial charge in [-0.05, 0) is 35.7 Å². The highest BCUT2D eigenvalue weighted by molar-refractivity contribution is 5.97. The molecule has 0 spiro atoms. The molecule has 0 aromatic heterocycles. The van der Waals surface area contributed by atoms with Crippen molar-refractivity contribution in [3.05, 3.63) is 64.7 Å². The number of amides is 2. The first kappa shape index (κ1) is 16.7. The van der Waals surface area contributed by atoms with E-state index in [1.807, 2.05) is 31.2 Å². The van der Waals surface area contributed by atoms with Gasteiger partial charge < -0.3 is 15.7 Å². The zero-order chi connectivity index (χ0) is 16.8. The molecule has 0 radical (unpaired) electrons. The van der Waals surface area contributed by atoms with E-state index in [-0.39, 0.29) is 18.4 Å². The number of hydrogen-bond acceptors (Lipinski definition) is 3. The number of hydrogen-bond donors (Lipinski definition) is 3. The Morgan fingerprint density at radius 2 is 1.78 bits per heavy atom. The number of nitrogens with one attached hydrogen (secondary N) is 2. The van der Waals surface area contributed by atoms with E-state index in [0.717, 1.165) is 16.7 Å². The number of rotatable bonds is 5. The minimum atomic E-state index is -0.232. The lowest BCUT2D eigenvalue weighted by Crippen LogP contribution is -2.23. The molecule has 120 valence electrons. The summed E-state index contributed by atoms with van der Waals surface area (Å²) in [4.78, 5) is 23.5. The van der Waals surface area contributed by atoms with Gasteiger partial charge in [-0.15, -0.1) is 0 Å². The van der Waals surface area contributed by atoms with Crippen LogP contribution < -0.4 is 10.6 Å². The minimum absolute atomic E-state index is 0.0662. The predicted molar refractivity (Wildman–Crippen MR) is 89.0 cm³/mol. The van der Waals surface area contributed by atoms with Crippen LogP contribution in [0.1, 0.15) is 34.0 Å². The van der Waals surface area contributed by atoms with Crippen LogP contribution in [0.25, 0.3) is 0 Å². The van der Waals surface area contributed by atoms with E-state index in [1.165, 1.54) is 6.92 Å². The Balaban J connectivity index is 2.10. The van der Waals surface area contributed by atoms with Crippen LogP contribution in [0, 0.1) is 6.92 Å². The highest BCUT2D eigenvalue weighted by atomic mass is 16.3. The summed E-state index contributed by atoms with van der Waals surface area (Å²) in [5.41, 5.74) is 3.65. The molecule has 2 amide bonds.